The standard InChI is InChI=1S/C19H26F3N3O2S/c1-23-17(24-11-14-6-9-28(26,27)12-14)25-13-18(7-3-8-18)15-4-2-5-16(10-15)19(20,21)22/h2,4-5,10,14H,3,6-9,11-13H2,1H3,(H2,23,24,25). The maximum atomic E-state index is 13.1. The van der Waals surface area contributed by atoms with Crippen LogP contribution in [0.4, 0.5) is 13.2 Å². The first-order valence-corrected chi connectivity index (χ1v) is 11.3. The molecule has 0 aromatic heterocycles. The predicted molar refractivity (Wildman–Crippen MR) is 103 cm³/mol. The van der Waals surface area contributed by atoms with E-state index in [0.29, 0.717) is 31.0 Å². The van der Waals surface area contributed by atoms with Gasteiger partial charge in [-0.1, -0.05) is 24.6 Å². The van der Waals surface area contributed by atoms with Crippen LogP contribution in [-0.2, 0) is 21.4 Å². The first kappa shape index (κ1) is 21.0. The summed E-state index contributed by atoms with van der Waals surface area (Å²) in [6, 6.07) is 5.57. The average molecular weight is 417 g/mol. The Morgan fingerprint density at radius 2 is 2.04 bits per heavy atom. The van der Waals surface area contributed by atoms with E-state index < -0.39 is 21.6 Å². The van der Waals surface area contributed by atoms with Gasteiger partial charge in [0, 0.05) is 25.6 Å². The molecule has 0 bridgehead atoms. The molecule has 0 spiro atoms. The molecule has 2 aliphatic rings. The van der Waals surface area contributed by atoms with Crippen molar-refractivity contribution in [3.05, 3.63) is 35.4 Å². The maximum Gasteiger partial charge on any atom is 0.416 e. The molecule has 1 unspecified atom stereocenters. The largest absolute Gasteiger partial charge is 0.416 e. The number of rotatable bonds is 5. The molecule has 1 heterocycles. The van der Waals surface area contributed by atoms with Crippen LogP contribution in [0.1, 0.15) is 36.8 Å². The molecule has 1 atom stereocenters. The summed E-state index contributed by atoms with van der Waals surface area (Å²) >= 11 is 0. The second-order valence-corrected chi connectivity index (χ2v) is 10.0. The SMILES string of the molecule is CN=C(NCC1CCS(=O)(=O)C1)NCC1(c2cccc(C(F)(F)F)c2)CCC1. The van der Waals surface area contributed by atoms with Crippen molar-refractivity contribution in [3.8, 4) is 0 Å². The highest BCUT2D eigenvalue weighted by Gasteiger charge is 2.40. The normalized spacial score (nSPS) is 23.9. The number of hydrogen-bond acceptors (Lipinski definition) is 3. The topological polar surface area (TPSA) is 70.6 Å². The van der Waals surface area contributed by atoms with Crippen LogP contribution in [0.5, 0.6) is 0 Å². The van der Waals surface area contributed by atoms with Gasteiger partial charge in [-0.2, -0.15) is 13.2 Å². The van der Waals surface area contributed by atoms with Gasteiger partial charge in [-0.25, -0.2) is 8.42 Å². The molecule has 1 aliphatic carbocycles. The Morgan fingerprint density at radius 3 is 2.57 bits per heavy atom. The van der Waals surface area contributed by atoms with Crippen LogP contribution in [0, 0.1) is 5.92 Å². The molecule has 2 fully saturated rings. The van der Waals surface area contributed by atoms with Gasteiger partial charge >= 0.3 is 6.18 Å². The molecule has 1 saturated heterocycles. The van der Waals surface area contributed by atoms with Gasteiger partial charge in [-0.3, -0.25) is 4.99 Å². The summed E-state index contributed by atoms with van der Waals surface area (Å²) in [6.45, 7) is 0.992. The molecule has 1 aliphatic heterocycles. The lowest BCUT2D eigenvalue weighted by Gasteiger charge is -2.43. The van der Waals surface area contributed by atoms with Crippen LogP contribution in [0.25, 0.3) is 0 Å². The van der Waals surface area contributed by atoms with E-state index in [2.05, 4.69) is 15.6 Å². The van der Waals surface area contributed by atoms with Crippen LogP contribution < -0.4 is 10.6 Å². The van der Waals surface area contributed by atoms with Gasteiger partial charge in [0.05, 0.1) is 17.1 Å². The molecule has 5 nitrogen and oxygen atoms in total. The van der Waals surface area contributed by atoms with Crippen LogP contribution in [0.2, 0.25) is 0 Å². The molecular formula is C19H26F3N3O2S. The fourth-order valence-corrected chi connectivity index (χ4v) is 5.81. The minimum atomic E-state index is -4.35. The van der Waals surface area contributed by atoms with E-state index in [-0.39, 0.29) is 22.8 Å². The average Bonchev–Trinajstić information content (AvgIpc) is 2.95. The van der Waals surface area contributed by atoms with E-state index in [0.717, 1.165) is 25.3 Å². The Labute approximate surface area is 163 Å². The monoisotopic (exact) mass is 417 g/mol. The summed E-state index contributed by atoms with van der Waals surface area (Å²) in [5.74, 6) is 1.02. The molecule has 9 heteroatoms. The molecule has 28 heavy (non-hydrogen) atoms. The smallest absolute Gasteiger partial charge is 0.356 e. The zero-order valence-electron chi connectivity index (χ0n) is 15.8. The number of nitrogens with one attached hydrogen (secondary N) is 2. The fraction of sp³-hybridized carbons (Fsp3) is 0.632. The number of guanidine groups is 1. The summed E-state index contributed by atoms with van der Waals surface area (Å²) in [5.41, 5.74) is -0.269. The number of halogens is 3. The Bertz CT molecular complexity index is 833. The first-order chi connectivity index (χ1) is 13.1. The lowest BCUT2D eigenvalue weighted by molar-refractivity contribution is -0.137. The molecular weight excluding hydrogens is 391 g/mol. The van der Waals surface area contributed by atoms with Gasteiger partial charge in [0.1, 0.15) is 0 Å². The quantitative estimate of drug-likeness (QED) is 0.571. The van der Waals surface area contributed by atoms with Crippen molar-refractivity contribution >= 4 is 15.8 Å². The summed E-state index contributed by atoms with van der Waals surface area (Å²) in [6.07, 6.45) is -1.10. The minimum absolute atomic E-state index is 0.0599. The van der Waals surface area contributed by atoms with Crippen LogP contribution in [-0.4, -0.2) is 46.0 Å². The molecule has 2 N–H and O–H groups in total. The molecule has 0 radical (unpaired) electrons. The second-order valence-electron chi connectivity index (χ2n) is 7.79. The van der Waals surface area contributed by atoms with Gasteiger partial charge in [0.2, 0.25) is 0 Å². The molecule has 1 aromatic carbocycles. The molecule has 1 saturated carbocycles. The van der Waals surface area contributed by atoms with E-state index in [1.165, 1.54) is 12.1 Å². The minimum Gasteiger partial charge on any atom is -0.356 e. The van der Waals surface area contributed by atoms with E-state index >= 15 is 0 Å². The van der Waals surface area contributed by atoms with Crippen molar-refractivity contribution in [2.75, 3.05) is 31.6 Å². The van der Waals surface area contributed by atoms with E-state index in [9.17, 15) is 21.6 Å². The van der Waals surface area contributed by atoms with Crippen LogP contribution in [0.15, 0.2) is 29.3 Å². The van der Waals surface area contributed by atoms with Crippen molar-refractivity contribution < 1.29 is 21.6 Å². The molecule has 1 aromatic rings. The number of hydrogen-bond donors (Lipinski definition) is 2. The molecule has 3 rings (SSSR count). The third kappa shape index (κ3) is 4.79. The highest BCUT2D eigenvalue weighted by atomic mass is 32.2. The van der Waals surface area contributed by atoms with E-state index in [1.54, 1.807) is 13.1 Å². The second kappa shape index (κ2) is 7.93. The van der Waals surface area contributed by atoms with Gasteiger partial charge in [0.25, 0.3) is 0 Å². The van der Waals surface area contributed by atoms with Crippen LogP contribution in [0.3, 0.4) is 0 Å². The lowest BCUT2D eigenvalue weighted by atomic mass is 9.64. The van der Waals surface area contributed by atoms with Crippen molar-refractivity contribution in [3.63, 3.8) is 0 Å². The Hall–Kier alpha value is -1.77. The Kier molecular flexibility index (Phi) is 5.93. The van der Waals surface area contributed by atoms with Gasteiger partial charge in [-0.05, 0) is 36.8 Å². The summed E-state index contributed by atoms with van der Waals surface area (Å²) in [7, 11) is -1.30. The highest BCUT2D eigenvalue weighted by Crippen LogP contribution is 2.44. The highest BCUT2D eigenvalue weighted by molar-refractivity contribution is 7.91. The summed E-state index contributed by atoms with van der Waals surface area (Å²) in [5, 5.41) is 6.37. The Balaban J connectivity index is 1.61. The third-order valence-electron chi connectivity index (χ3n) is 5.82. The van der Waals surface area contributed by atoms with Crippen molar-refractivity contribution in [2.24, 2.45) is 10.9 Å². The van der Waals surface area contributed by atoms with E-state index in [1.807, 2.05) is 0 Å². The number of aliphatic imine (C=N–C) groups is 1. The Morgan fingerprint density at radius 1 is 1.29 bits per heavy atom. The zero-order valence-corrected chi connectivity index (χ0v) is 16.7. The number of alkyl halides is 3. The zero-order chi connectivity index (χ0) is 20.4. The van der Waals surface area contributed by atoms with Crippen LogP contribution >= 0.6 is 0 Å². The number of sulfone groups is 1. The lowest BCUT2D eigenvalue weighted by Crippen LogP contribution is -2.49. The van der Waals surface area contributed by atoms with Gasteiger partial charge in [-0.15, -0.1) is 0 Å². The van der Waals surface area contributed by atoms with Crippen molar-refractivity contribution in [2.45, 2.75) is 37.3 Å². The molecule has 156 valence electrons. The maximum absolute atomic E-state index is 13.1. The predicted octanol–water partition coefficient (Wildman–Crippen LogP) is 2.73. The van der Waals surface area contributed by atoms with Gasteiger partial charge in [0.15, 0.2) is 15.8 Å². The van der Waals surface area contributed by atoms with E-state index in [4.69, 9.17) is 0 Å². The summed E-state index contributed by atoms with van der Waals surface area (Å²) < 4.78 is 62.3. The van der Waals surface area contributed by atoms with Crippen molar-refractivity contribution in [1.82, 2.24) is 10.6 Å². The number of benzene rings is 1. The third-order valence-corrected chi connectivity index (χ3v) is 7.65. The number of nitrogens with zero attached hydrogens (tertiary/aromatic N) is 1. The van der Waals surface area contributed by atoms with Gasteiger partial charge < -0.3 is 10.6 Å². The summed E-state index contributed by atoms with van der Waals surface area (Å²) in [4.78, 5) is 4.16. The fourth-order valence-electron chi connectivity index (χ4n) is 3.94. The first-order valence-electron chi connectivity index (χ1n) is 9.46. The van der Waals surface area contributed by atoms with Crippen molar-refractivity contribution in [1.29, 1.82) is 0 Å². The molecule has 0 amide bonds.